The van der Waals surface area contributed by atoms with Gasteiger partial charge in [0.1, 0.15) is 0 Å². The molecule has 0 bridgehead atoms. The number of carbonyl (C=O) groups is 1. The minimum absolute atomic E-state index is 0.395. The molecule has 1 N–H and O–H groups in total. The Balaban J connectivity index is 2.12. The number of anilines is 2. The predicted molar refractivity (Wildman–Crippen MR) is 83.4 cm³/mol. The number of nitrogens with zero attached hydrogens (tertiary/aromatic N) is 1. The van der Waals surface area contributed by atoms with Gasteiger partial charge in [-0.1, -0.05) is 48.1 Å². The van der Waals surface area contributed by atoms with Crippen LogP contribution >= 0.6 is 36.0 Å². The Morgan fingerprint density at radius 3 is 2.32 bits per heavy atom. The van der Waals surface area contributed by atoms with Crippen molar-refractivity contribution in [3.8, 4) is 0 Å². The van der Waals surface area contributed by atoms with Crippen LogP contribution in [0.15, 0.2) is 48.5 Å². The summed E-state index contributed by atoms with van der Waals surface area (Å²) in [6.07, 6.45) is 0. The first kappa shape index (κ1) is 14.1. The van der Waals surface area contributed by atoms with Crippen molar-refractivity contribution in [2.75, 3.05) is 9.62 Å². The highest BCUT2D eigenvalue weighted by Crippen LogP contribution is 2.22. The maximum Gasteiger partial charge on any atom is 0.336 e. The predicted octanol–water partition coefficient (Wildman–Crippen LogP) is 4.88. The van der Waals surface area contributed by atoms with Gasteiger partial charge in [0.15, 0.2) is 0 Å². The molecule has 2 amide bonds. The molecule has 0 saturated heterocycles. The molecule has 0 spiro atoms. The highest BCUT2D eigenvalue weighted by atomic mass is 35.5. The SMILES string of the molecule is O=C(Nc1cccc(Cl)c1)N(S)c1cccc(Cl)c1. The number of rotatable bonds is 2. The number of benzene rings is 2. The van der Waals surface area contributed by atoms with Crippen LogP contribution in [0, 0.1) is 0 Å². The Morgan fingerprint density at radius 2 is 1.68 bits per heavy atom. The van der Waals surface area contributed by atoms with Crippen LogP contribution in [0.25, 0.3) is 0 Å². The fourth-order valence-electron chi connectivity index (χ4n) is 1.47. The molecule has 0 fully saturated rings. The first-order chi connectivity index (χ1) is 9.06. The van der Waals surface area contributed by atoms with Gasteiger partial charge < -0.3 is 5.32 Å². The minimum Gasteiger partial charge on any atom is -0.307 e. The zero-order valence-corrected chi connectivity index (χ0v) is 12.1. The van der Waals surface area contributed by atoms with Crippen LogP contribution in [-0.4, -0.2) is 6.03 Å². The molecule has 0 aliphatic rings. The molecular weight excluding hydrogens is 303 g/mol. The Morgan fingerprint density at radius 1 is 1.05 bits per heavy atom. The molecule has 2 aromatic rings. The lowest BCUT2D eigenvalue weighted by Crippen LogP contribution is -2.26. The van der Waals surface area contributed by atoms with E-state index in [1.165, 1.54) is 4.31 Å². The lowest BCUT2D eigenvalue weighted by atomic mass is 10.3. The van der Waals surface area contributed by atoms with Gasteiger partial charge in [-0.2, -0.15) is 0 Å². The summed E-state index contributed by atoms with van der Waals surface area (Å²) >= 11 is 15.9. The number of carbonyl (C=O) groups excluding carboxylic acids is 1. The van der Waals surface area contributed by atoms with Crippen molar-refractivity contribution < 1.29 is 4.79 Å². The number of hydrogen-bond acceptors (Lipinski definition) is 2. The summed E-state index contributed by atoms with van der Waals surface area (Å²) in [6, 6.07) is 13.3. The summed E-state index contributed by atoms with van der Waals surface area (Å²) in [5.74, 6) is 0. The summed E-state index contributed by atoms with van der Waals surface area (Å²) < 4.78 is 1.17. The van der Waals surface area contributed by atoms with E-state index in [4.69, 9.17) is 23.2 Å². The molecular formula is C13H10Cl2N2OS. The average Bonchev–Trinajstić information content (AvgIpc) is 2.38. The van der Waals surface area contributed by atoms with Gasteiger partial charge in [-0.3, -0.25) is 0 Å². The van der Waals surface area contributed by atoms with E-state index in [9.17, 15) is 4.79 Å². The van der Waals surface area contributed by atoms with Gasteiger partial charge in [-0.15, -0.1) is 0 Å². The molecule has 19 heavy (non-hydrogen) atoms. The topological polar surface area (TPSA) is 32.3 Å². The summed E-state index contributed by atoms with van der Waals surface area (Å²) in [4.78, 5) is 12.0. The summed E-state index contributed by atoms with van der Waals surface area (Å²) in [7, 11) is 0. The van der Waals surface area contributed by atoms with E-state index < -0.39 is 6.03 Å². The third kappa shape index (κ3) is 3.80. The van der Waals surface area contributed by atoms with Crippen molar-refractivity contribution in [1.29, 1.82) is 0 Å². The lowest BCUT2D eigenvalue weighted by Gasteiger charge is -2.16. The molecule has 0 atom stereocenters. The van der Waals surface area contributed by atoms with Crippen LogP contribution in [0.4, 0.5) is 16.2 Å². The fourth-order valence-corrected chi connectivity index (χ4v) is 2.02. The number of thiol groups is 1. The highest BCUT2D eigenvalue weighted by Gasteiger charge is 2.12. The molecule has 2 rings (SSSR count). The molecule has 0 aliphatic heterocycles. The van der Waals surface area contributed by atoms with Gasteiger partial charge in [-0.25, -0.2) is 9.10 Å². The first-order valence-corrected chi connectivity index (χ1v) is 6.53. The van der Waals surface area contributed by atoms with Crippen LogP contribution in [0.1, 0.15) is 0 Å². The van der Waals surface area contributed by atoms with E-state index in [-0.39, 0.29) is 0 Å². The van der Waals surface area contributed by atoms with E-state index in [0.717, 1.165) is 0 Å². The second-order valence-corrected chi connectivity index (χ2v) is 5.01. The molecule has 0 unspecified atom stereocenters. The monoisotopic (exact) mass is 312 g/mol. The van der Waals surface area contributed by atoms with Gasteiger partial charge >= 0.3 is 6.03 Å². The second-order valence-electron chi connectivity index (χ2n) is 3.73. The van der Waals surface area contributed by atoms with Crippen LogP contribution in [-0.2, 0) is 0 Å². The molecule has 98 valence electrons. The number of nitrogens with one attached hydrogen (secondary N) is 1. The Labute approximate surface area is 126 Å². The maximum atomic E-state index is 12.0. The number of hydrogen-bond donors (Lipinski definition) is 2. The molecule has 0 heterocycles. The van der Waals surface area contributed by atoms with Crippen LogP contribution in [0.2, 0.25) is 10.0 Å². The first-order valence-electron chi connectivity index (χ1n) is 5.37. The van der Waals surface area contributed by atoms with Crippen molar-refractivity contribution in [3.63, 3.8) is 0 Å². The van der Waals surface area contributed by atoms with Crippen molar-refractivity contribution in [3.05, 3.63) is 58.6 Å². The van der Waals surface area contributed by atoms with Crippen LogP contribution in [0.3, 0.4) is 0 Å². The quantitative estimate of drug-likeness (QED) is 0.761. The smallest absolute Gasteiger partial charge is 0.307 e. The lowest BCUT2D eigenvalue weighted by molar-refractivity contribution is 0.260. The second kappa shape index (κ2) is 6.19. The molecule has 3 nitrogen and oxygen atoms in total. The molecule has 2 aromatic carbocycles. The number of halogens is 2. The number of urea groups is 1. The average molecular weight is 313 g/mol. The summed E-state index contributed by atoms with van der Waals surface area (Å²) in [5.41, 5.74) is 1.17. The highest BCUT2D eigenvalue weighted by molar-refractivity contribution is 7.82. The standard InChI is InChI=1S/C13H10Cl2N2OS/c14-9-3-1-5-11(7-9)16-13(18)17(19)12-6-2-4-10(15)8-12/h1-8,19H,(H,16,18). The summed E-state index contributed by atoms with van der Waals surface area (Å²) in [6.45, 7) is 0. The Kier molecular flexibility index (Phi) is 4.58. The number of amides is 2. The molecule has 0 saturated carbocycles. The third-order valence-electron chi connectivity index (χ3n) is 2.32. The van der Waals surface area contributed by atoms with Crippen LogP contribution < -0.4 is 9.62 Å². The minimum atomic E-state index is -0.395. The van der Waals surface area contributed by atoms with Crippen molar-refractivity contribution >= 4 is 53.4 Å². The zero-order valence-electron chi connectivity index (χ0n) is 9.68. The van der Waals surface area contributed by atoms with Gasteiger partial charge in [-0.05, 0) is 36.4 Å². The molecule has 0 aliphatic carbocycles. The van der Waals surface area contributed by atoms with Gasteiger partial charge in [0.2, 0.25) is 0 Å². The van der Waals surface area contributed by atoms with Crippen molar-refractivity contribution in [1.82, 2.24) is 0 Å². The largest absolute Gasteiger partial charge is 0.336 e. The van der Waals surface area contributed by atoms with E-state index >= 15 is 0 Å². The van der Waals surface area contributed by atoms with E-state index in [0.29, 0.717) is 21.4 Å². The van der Waals surface area contributed by atoms with E-state index in [1.54, 1.807) is 48.5 Å². The van der Waals surface area contributed by atoms with Crippen LogP contribution in [0.5, 0.6) is 0 Å². The Hall–Kier alpha value is -1.36. The van der Waals surface area contributed by atoms with E-state index in [1.807, 2.05) is 0 Å². The normalized spacial score (nSPS) is 10.1. The Bertz CT molecular complexity index is 607. The molecule has 0 radical (unpaired) electrons. The van der Waals surface area contributed by atoms with Gasteiger partial charge in [0, 0.05) is 15.7 Å². The molecule has 6 heteroatoms. The maximum absolute atomic E-state index is 12.0. The summed E-state index contributed by atoms with van der Waals surface area (Å²) in [5, 5.41) is 3.77. The molecule has 0 aromatic heterocycles. The third-order valence-corrected chi connectivity index (χ3v) is 3.20. The zero-order chi connectivity index (χ0) is 13.8. The van der Waals surface area contributed by atoms with Gasteiger partial charge in [0.05, 0.1) is 5.69 Å². The van der Waals surface area contributed by atoms with Crippen molar-refractivity contribution in [2.24, 2.45) is 0 Å². The van der Waals surface area contributed by atoms with Crippen molar-refractivity contribution in [2.45, 2.75) is 0 Å². The van der Waals surface area contributed by atoms with Gasteiger partial charge in [0.25, 0.3) is 0 Å². The van der Waals surface area contributed by atoms with E-state index in [2.05, 4.69) is 18.1 Å². The fraction of sp³-hybridized carbons (Fsp3) is 0.